The van der Waals surface area contributed by atoms with E-state index < -0.39 is 0 Å². The number of rotatable bonds is 1. The molecule has 0 radical (unpaired) electrons. The van der Waals surface area contributed by atoms with Crippen molar-refractivity contribution in [3.05, 3.63) is 23.6 Å². The Morgan fingerprint density at radius 2 is 2.20 bits per heavy atom. The average Bonchev–Trinajstić information content (AvgIpc) is 2.52. The van der Waals surface area contributed by atoms with Crippen molar-refractivity contribution in [2.24, 2.45) is 0 Å². The van der Waals surface area contributed by atoms with Gasteiger partial charge in [-0.05, 0) is 23.7 Å². The van der Waals surface area contributed by atoms with Crippen LogP contribution in [-0.4, -0.2) is 38.9 Å². The molecule has 15 heavy (non-hydrogen) atoms. The average molecular weight is 225 g/mol. The third-order valence-corrected chi connectivity index (χ3v) is 2.68. The smallest absolute Gasteiger partial charge is 0.243 e. The Morgan fingerprint density at radius 1 is 1.40 bits per heavy atom. The molecule has 3 rings (SSSR count). The van der Waals surface area contributed by atoms with Gasteiger partial charge < -0.3 is 10.0 Å². The van der Waals surface area contributed by atoms with Crippen molar-refractivity contribution < 1.29 is 5.11 Å². The zero-order valence-corrected chi connectivity index (χ0v) is 8.59. The van der Waals surface area contributed by atoms with Crippen LogP contribution >= 0.6 is 11.6 Å². The van der Waals surface area contributed by atoms with Gasteiger partial charge in [-0.25, -0.2) is 4.52 Å². The number of aliphatic hydroxyl groups is 1. The summed E-state index contributed by atoms with van der Waals surface area (Å²) in [6, 6.07) is 3.81. The predicted octanol–water partition coefficient (Wildman–Crippen LogP) is 0.564. The fourth-order valence-electron chi connectivity index (χ4n) is 1.70. The highest BCUT2D eigenvalue weighted by molar-refractivity contribution is 6.28. The summed E-state index contributed by atoms with van der Waals surface area (Å²) in [4.78, 5) is 6.09. The van der Waals surface area contributed by atoms with Crippen molar-refractivity contribution in [1.82, 2.24) is 14.6 Å². The Balaban J connectivity index is 1.99. The fourth-order valence-corrected chi connectivity index (χ4v) is 1.87. The Hall–Kier alpha value is -1.33. The van der Waals surface area contributed by atoms with Gasteiger partial charge in [-0.2, -0.15) is 4.98 Å². The molecule has 0 spiro atoms. The van der Waals surface area contributed by atoms with Crippen molar-refractivity contribution in [1.29, 1.82) is 0 Å². The molecular weight excluding hydrogens is 216 g/mol. The van der Waals surface area contributed by atoms with Crippen LogP contribution in [0.5, 0.6) is 0 Å². The second-order valence-electron chi connectivity index (χ2n) is 3.63. The van der Waals surface area contributed by atoms with E-state index in [2.05, 4.69) is 15.0 Å². The lowest BCUT2D eigenvalue weighted by molar-refractivity contribution is 0.142. The van der Waals surface area contributed by atoms with Crippen molar-refractivity contribution in [2.75, 3.05) is 18.0 Å². The summed E-state index contributed by atoms with van der Waals surface area (Å²) >= 11 is 5.69. The number of nitrogens with zero attached hydrogens (tertiary/aromatic N) is 4. The number of hydrogen-bond donors (Lipinski definition) is 1. The Morgan fingerprint density at radius 3 is 2.93 bits per heavy atom. The number of aliphatic hydroxyl groups excluding tert-OH is 1. The zero-order chi connectivity index (χ0) is 10.4. The molecular formula is C9H9ClN4O. The topological polar surface area (TPSA) is 53.7 Å². The van der Waals surface area contributed by atoms with Crippen LogP contribution in [0.3, 0.4) is 0 Å². The molecule has 78 valence electrons. The molecule has 0 saturated carbocycles. The minimum atomic E-state index is -0.208. The first kappa shape index (κ1) is 8.94. The third-order valence-electron chi connectivity index (χ3n) is 2.52. The summed E-state index contributed by atoms with van der Waals surface area (Å²) < 4.78 is 1.64. The van der Waals surface area contributed by atoms with Gasteiger partial charge in [0.25, 0.3) is 0 Å². The molecule has 1 N–H and O–H groups in total. The fraction of sp³-hybridized carbons (Fsp3) is 0.333. The van der Waals surface area contributed by atoms with Crippen molar-refractivity contribution in [3.63, 3.8) is 0 Å². The molecule has 5 nitrogen and oxygen atoms in total. The molecule has 1 aliphatic heterocycles. The van der Waals surface area contributed by atoms with Gasteiger partial charge in [0.1, 0.15) is 0 Å². The first-order valence-corrected chi connectivity index (χ1v) is 5.05. The number of hydrogen-bond acceptors (Lipinski definition) is 4. The molecule has 2 aromatic rings. The van der Waals surface area contributed by atoms with Gasteiger partial charge in [0.2, 0.25) is 5.28 Å². The summed E-state index contributed by atoms with van der Waals surface area (Å²) in [5.74, 6) is 0. The largest absolute Gasteiger partial charge is 0.389 e. The van der Waals surface area contributed by atoms with Crippen LogP contribution in [0.4, 0.5) is 5.69 Å². The van der Waals surface area contributed by atoms with Gasteiger partial charge in [-0.15, -0.1) is 5.10 Å². The molecule has 1 aliphatic rings. The minimum absolute atomic E-state index is 0.208. The van der Waals surface area contributed by atoms with Crippen LogP contribution < -0.4 is 4.90 Å². The van der Waals surface area contributed by atoms with Crippen molar-refractivity contribution in [3.8, 4) is 0 Å². The summed E-state index contributed by atoms with van der Waals surface area (Å²) in [6.45, 7) is 1.35. The molecule has 0 unspecified atom stereocenters. The SMILES string of the molecule is OC1CN(c2ccc3nc(Cl)nn3c2)C1. The van der Waals surface area contributed by atoms with Crippen LogP contribution in [0.25, 0.3) is 5.65 Å². The molecule has 0 aliphatic carbocycles. The monoisotopic (exact) mass is 224 g/mol. The second-order valence-corrected chi connectivity index (χ2v) is 3.97. The standard InChI is InChI=1S/C9H9ClN4O/c10-9-11-8-2-1-6(3-14(8)12-9)13-4-7(15)5-13/h1-3,7,15H,4-5H2. The lowest BCUT2D eigenvalue weighted by Crippen LogP contribution is -2.50. The number of pyridine rings is 1. The molecule has 0 aromatic carbocycles. The van der Waals surface area contributed by atoms with Crippen LogP contribution in [0, 0.1) is 0 Å². The first-order chi connectivity index (χ1) is 7.22. The third kappa shape index (κ3) is 1.44. The van der Waals surface area contributed by atoms with Gasteiger partial charge in [-0.3, -0.25) is 0 Å². The highest BCUT2D eigenvalue weighted by atomic mass is 35.5. The minimum Gasteiger partial charge on any atom is -0.389 e. The molecule has 1 fully saturated rings. The highest BCUT2D eigenvalue weighted by Crippen LogP contribution is 2.21. The van der Waals surface area contributed by atoms with E-state index >= 15 is 0 Å². The van der Waals surface area contributed by atoms with Crippen LogP contribution in [0.1, 0.15) is 0 Å². The quantitative estimate of drug-likeness (QED) is 0.769. The maximum atomic E-state index is 9.20. The maximum Gasteiger partial charge on any atom is 0.243 e. The number of fused-ring (bicyclic) bond motifs is 1. The van der Waals surface area contributed by atoms with Gasteiger partial charge in [0.15, 0.2) is 5.65 Å². The van der Waals surface area contributed by atoms with E-state index in [-0.39, 0.29) is 11.4 Å². The Labute approximate surface area is 90.9 Å². The molecule has 2 aromatic heterocycles. The summed E-state index contributed by atoms with van der Waals surface area (Å²) in [6.07, 6.45) is 1.65. The van der Waals surface area contributed by atoms with Gasteiger partial charge in [-0.1, -0.05) is 0 Å². The van der Waals surface area contributed by atoms with Gasteiger partial charge in [0.05, 0.1) is 18.0 Å². The maximum absolute atomic E-state index is 9.20. The molecule has 0 atom stereocenters. The van der Waals surface area contributed by atoms with Crippen molar-refractivity contribution >= 4 is 22.9 Å². The molecule has 3 heterocycles. The number of aromatic nitrogens is 3. The van der Waals surface area contributed by atoms with E-state index in [9.17, 15) is 5.11 Å². The van der Waals surface area contributed by atoms with E-state index in [0.29, 0.717) is 13.1 Å². The second kappa shape index (κ2) is 3.08. The summed E-state index contributed by atoms with van der Waals surface area (Å²) in [7, 11) is 0. The normalized spacial score (nSPS) is 17.1. The Kier molecular flexibility index (Phi) is 1.83. The predicted molar refractivity (Wildman–Crippen MR) is 56.2 cm³/mol. The number of anilines is 1. The summed E-state index contributed by atoms with van der Waals surface area (Å²) in [5.41, 5.74) is 1.75. The first-order valence-electron chi connectivity index (χ1n) is 4.67. The van der Waals surface area contributed by atoms with Crippen LogP contribution in [-0.2, 0) is 0 Å². The molecule has 1 saturated heterocycles. The van der Waals surface area contributed by atoms with Crippen molar-refractivity contribution in [2.45, 2.75) is 6.10 Å². The zero-order valence-electron chi connectivity index (χ0n) is 7.84. The lowest BCUT2D eigenvalue weighted by atomic mass is 10.1. The lowest BCUT2D eigenvalue weighted by Gasteiger charge is -2.37. The van der Waals surface area contributed by atoms with Crippen LogP contribution in [0.15, 0.2) is 18.3 Å². The van der Waals surface area contributed by atoms with Gasteiger partial charge >= 0.3 is 0 Å². The van der Waals surface area contributed by atoms with Gasteiger partial charge in [0, 0.05) is 13.1 Å². The number of halogens is 1. The molecule has 0 bridgehead atoms. The van der Waals surface area contributed by atoms with E-state index in [0.717, 1.165) is 11.3 Å². The summed E-state index contributed by atoms with van der Waals surface area (Å²) in [5, 5.41) is 13.5. The number of β-amino-alcohol motifs (C(OH)–C–C–N with tert-alkyl or cyclic N) is 1. The van der Waals surface area contributed by atoms with E-state index in [4.69, 9.17) is 11.6 Å². The highest BCUT2D eigenvalue weighted by Gasteiger charge is 2.24. The van der Waals surface area contributed by atoms with Crippen LogP contribution in [0.2, 0.25) is 5.28 Å². The Bertz CT molecular complexity index is 506. The van der Waals surface area contributed by atoms with E-state index in [1.165, 1.54) is 0 Å². The van der Waals surface area contributed by atoms with E-state index in [1.54, 1.807) is 4.52 Å². The molecule has 6 heteroatoms. The van der Waals surface area contributed by atoms with E-state index in [1.807, 2.05) is 18.3 Å². The molecule has 0 amide bonds.